The fourth-order valence-electron chi connectivity index (χ4n) is 1.16. The van der Waals surface area contributed by atoms with E-state index in [1.165, 1.54) is 0 Å². The quantitative estimate of drug-likeness (QED) is 0.115. The first-order valence-electron chi connectivity index (χ1n) is 6.30. The molecular formula is C12H17Br2NO6. The van der Waals surface area contributed by atoms with Crippen LogP contribution in [0.3, 0.4) is 0 Å². The Labute approximate surface area is 139 Å². The third-order valence-electron chi connectivity index (χ3n) is 2.14. The number of hydrogen-bond acceptors (Lipinski definition) is 7. The molecule has 7 nitrogen and oxygen atoms in total. The van der Waals surface area contributed by atoms with Gasteiger partial charge >= 0.3 is 17.9 Å². The number of carbonyl (C=O) groups excluding carboxylic acids is 3. The van der Waals surface area contributed by atoms with Gasteiger partial charge in [-0.25, -0.2) is 0 Å². The highest BCUT2D eigenvalue weighted by Gasteiger charge is 2.14. The van der Waals surface area contributed by atoms with Crippen LogP contribution >= 0.6 is 31.9 Å². The normalized spacial score (nSPS) is 11.0. The summed E-state index contributed by atoms with van der Waals surface area (Å²) in [4.78, 5) is 33.8. The van der Waals surface area contributed by atoms with E-state index in [0.717, 1.165) is 0 Å². The molecule has 0 saturated carbocycles. The maximum atomic E-state index is 11.4. The second-order valence-corrected chi connectivity index (χ2v) is 5.48. The average Bonchev–Trinajstić information content (AvgIpc) is 2.47. The molecule has 0 saturated heterocycles. The number of hydrogen-bond donors (Lipinski definition) is 1. The summed E-state index contributed by atoms with van der Waals surface area (Å²) < 4.78 is 9.30. The Kier molecular flexibility index (Phi) is 12.2. The van der Waals surface area contributed by atoms with Crippen molar-refractivity contribution in [3.63, 3.8) is 0 Å². The smallest absolute Gasteiger partial charge is 0.313 e. The van der Waals surface area contributed by atoms with E-state index in [-0.39, 0.29) is 31.6 Å². The minimum Gasteiger partial charge on any atom is -0.408 e. The van der Waals surface area contributed by atoms with Gasteiger partial charge in [0.1, 0.15) is 0 Å². The molecule has 0 aromatic carbocycles. The lowest BCUT2D eigenvalue weighted by Gasteiger charge is -2.05. The van der Waals surface area contributed by atoms with E-state index in [4.69, 9.17) is 9.94 Å². The van der Waals surface area contributed by atoms with Crippen LogP contribution in [0.1, 0.15) is 38.5 Å². The predicted octanol–water partition coefficient (Wildman–Crippen LogP) is 2.52. The van der Waals surface area contributed by atoms with Crippen molar-refractivity contribution >= 4 is 55.7 Å². The highest BCUT2D eigenvalue weighted by atomic mass is 79.9. The Morgan fingerprint density at radius 3 is 1.76 bits per heavy atom. The lowest BCUT2D eigenvalue weighted by Crippen LogP contribution is -2.17. The van der Waals surface area contributed by atoms with Crippen molar-refractivity contribution < 1.29 is 29.1 Å². The first-order chi connectivity index (χ1) is 10.0. The van der Waals surface area contributed by atoms with E-state index in [1.807, 2.05) is 0 Å². The van der Waals surface area contributed by atoms with Gasteiger partial charge < -0.3 is 14.7 Å². The third kappa shape index (κ3) is 11.4. The fraction of sp³-hybridized carbons (Fsp3) is 0.667. The summed E-state index contributed by atoms with van der Waals surface area (Å²) >= 11 is 6.32. The Morgan fingerprint density at radius 1 is 0.810 bits per heavy atom. The van der Waals surface area contributed by atoms with Crippen molar-refractivity contribution in [2.75, 3.05) is 10.7 Å². The van der Waals surface area contributed by atoms with Gasteiger partial charge in [0.05, 0.1) is 6.42 Å². The van der Waals surface area contributed by atoms with Crippen molar-refractivity contribution in [3.05, 3.63) is 0 Å². The number of oxime groups is 1. The standard InChI is InChI=1S/C12H17Br2NO6/c13-7-1-3-10(16)20-9(15-19)5-6-12(18)21-11(17)4-2-8-14/h19H,1-8H2/b15-9-. The molecule has 0 aliphatic heterocycles. The van der Waals surface area contributed by atoms with Crippen LogP contribution in [0.2, 0.25) is 0 Å². The number of esters is 3. The van der Waals surface area contributed by atoms with Gasteiger partial charge in [0.25, 0.3) is 0 Å². The Hall–Kier alpha value is -0.960. The Bertz CT molecular complexity index is 386. The molecule has 0 radical (unpaired) electrons. The average molecular weight is 431 g/mol. The van der Waals surface area contributed by atoms with E-state index in [2.05, 4.69) is 41.8 Å². The minimum atomic E-state index is -0.757. The van der Waals surface area contributed by atoms with E-state index >= 15 is 0 Å². The molecule has 0 aliphatic carbocycles. The first kappa shape index (κ1) is 20.0. The molecule has 21 heavy (non-hydrogen) atoms. The van der Waals surface area contributed by atoms with Gasteiger partial charge in [0, 0.05) is 29.9 Å². The predicted molar refractivity (Wildman–Crippen MR) is 81.7 cm³/mol. The monoisotopic (exact) mass is 429 g/mol. The first-order valence-corrected chi connectivity index (χ1v) is 8.54. The highest BCUT2D eigenvalue weighted by Crippen LogP contribution is 2.04. The Balaban J connectivity index is 4.02. The van der Waals surface area contributed by atoms with Crippen molar-refractivity contribution in [1.29, 1.82) is 0 Å². The van der Waals surface area contributed by atoms with E-state index in [0.29, 0.717) is 23.5 Å². The van der Waals surface area contributed by atoms with Crippen molar-refractivity contribution in [3.8, 4) is 0 Å². The van der Waals surface area contributed by atoms with Crippen LogP contribution in [0, 0.1) is 0 Å². The molecule has 9 heteroatoms. The summed E-state index contributed by atoms with van der Waals surface area (Å²) in [7, 11) is 0. The molecule has 0 aromatic heterocycles. The SMILES string of the molecule is O=C(CCCBr)OC(=O)CC/C(=N/O)OC(=O)CCCBr. The molecule has 1 N–H and O–H groups in total. The zero-order valence-electron chi connectivity index (χ0n) is 11.3. The molecule has 0 aromatic rings. The van der Waals surface area contributed by atoms with Crippen LogP contribution in [-0.4, -0.2) is 39.7 Å². The number of ether oxygens (including phenoxy) is 2. The van der Waals surface area contributed by atoms with Crippen LogP contribution in [0.25, 0.3) is 0 Å². The number of alkyl halides is 2. The molecule has 0 atom stereocenters. The molecule has 0 rings (SSSR count). The van der Waals surface area contributed by atoms with Gasteiger partial charge in [0.15, 0.2) is 0 Å². The second kappa shape index (κ2) is 12.8. The zero-order chi connectivity index (χ0) is 16.1. The number of carbonyl (C=O) groups is 3. The summed E-state index contributed by atoms with van der Waals surface area (Å²) in [5, 5.41) is 12.8. The van der Waals surface area contributed by atoms with Crippen molar-refractivity contribution in [2.45, 2.75) is 38.5 Å². The molecule has 0 heterocycles. The number of nitrogens with zero attached hydrogens (tertiary/aromatic N) is 1. The van der Waals surface area contributed by atoms with Gasteiger partial charge in [-0.3, -0.25) is 14.4 Å². The largest absolute Gasteiger partial charge is 0.408 e. The minimum absolute atomic E-state index is 0.124. The van der Waals surface area contributed by atoms with Gasteiger partial charge in [-0.1, -0.05) is 37.0 Å². The lowest BCUT2D eigenvalue weighted by molar-refractivity contribution is -0.159. The van der Waals surface area contributed by atoms with E-state index in [9.17, 15) is 14.4 Å². The molecule has 120 valence electrons. The van der Waals surface area contributed by atoms with Crippen LogP contribution in [-0.2, 0) is 23.9 Å². The zero-order valence-corrected chi connectivity index (χ0v) is 14.5. The molecule has 0 spiro atoms. The maximum absolute atomic E-state index is 11.4. The van der Waals surface area contributed by atoms with Gasteiger partial charge in [0.2, 0.25) is 5.90 Å². The number of rotatable bonds is 9. The fourth-order valence-corrected chi connectivity index (χ4v) is 1.72. The maximum Gasteiger partial charge on any atom is 0.313 e. The van der Waals surface area contributed by atoms with Crippen LogP contribution in [0.4, 0.5) is 0 Å². The van der Waals surface area contributed by atoms with Crippen LogP contribution in [0.5, 0.6) is 0 Å². The van der Waals surface area contributed by atoms with Gasteiger partial charge in [-0.2, -0.15) is 0 Å². The van der Waals surface area contributed by atoms with Gasteiger partial charge in [-0.05, 0) is 12.8 Å². The second-order valence-electron chi connectivity index (χ2n) is 3.90. The molecule has 0 aliphatic rings. The molecular weight excluding hydrogens is 414 g/mol. The van der Waals surface area contributed by atoms with Crippen molar-refractivity contribution in [2.24, 2.45) is 5.16 Å². The van der Waals surface area contributed by atoms with E-state index in [1.54, 1.807) is 0 Å². The van der Waals surface area contributed by atoms with E-state index < -0.39 is 17.9 Å². The van der Waals surface area contributed by atoms with Gasteiger partial charge in [-0.15, -0.1) is 0 Å². The highest BCUT2D eigenvalue weighted by molar-refractivity contribution is 9.09. The summed E-state index contributed by atoms with van der Waals surface area (Å²) in [5.41, 5.74) is 0. The van der Waals surface area contributed by atoms with Crippen LogP contribution in [0.15, 0.2) is 5.16 Å². The Morgan fingerprint density at radius 2 is 1.29 bits per heavy atom. The molecule has 0 bridgehead atoms. The lowest BCUT2D eigenvalue weighted by atomic mass is 10.3. The summed E-state index contributed by atoms with van der Waals surface area (Å²) in [6, 6.07) is 0. The molecule has 0 unspecified atom stereocenters. The number of halogens is 2. The molecule has 0 fully saturated rings. The summed E-state index contributed by atoms with van der Waals surface area (Å²) in [6.45, 7) is 0. The summed E-state index contributed by atoms with van der Waals surface area (Å²) in [6.07, 6.45) is 1.12. The third-order valence-corrected chi connectivity index (χ3v) is 3.26. The molecule has 0 amide bonds. The van der Waals surface area contributed by atoms with Crippen molar-refractivity contribution in [1.82, 2.24) is 0 Å². The summed E-state index contributed by atoms with van der Waals surface area (Å²) in [5.74, 6) is -2.20. The topological polar surface area (TPSA) is 102 Å². The van der Waals surface area contributed by atoms with Crippen LogP contribution < -0.4 is 0 Å².